The standard InChI is InChI=1S/C15H20FNO3/c1-2-13(20-14-8-4-3-7-12(14)16)15(18)17-10-11-6-5-9-19-11/h3-4,7-8,11,13H,2,5-6,9-10H2,1H3,(H,17,18)/t11-,13-/m0/s1. The van der Waals surface area contributed by atoms with Gasteiger partial charge in [-0.2, -0.15) is 0 Å². The van der Waals surface area contributed by atoms with E-state index >= 15 is 0 Å². The molecule has 1 heterocycles. The second-order valence-corrected chi connectivity index (χ2v) is 4.83. The van der Waals surface area contributed by atoms with Gasteiger partial charge in [-0.3, -0.25) is 4.79 Å². The van der Waals surface area contributed by atoms with Crippen LogP contribution in [-0.4, -0.2) is 31.3 Å². The summed E-state index contributed by atoms with van der Waals surface area (Å²) in [7, 11) is 0. The monoisotopic (exact) mass is 281 g/mol. The van der Waals surface area contributed by atoms with Gasteiger partial charge < -0.3 is 14.8 Å². The number of carbonyl (C=O) groups excluding carboxylic acids is 1. The van der Waals surface area contributed by atoms with Crippen molar-refractivity contribution in [2.24, 2.45) is 0 Å². The second kappa shape index (κ2) is 7.24. The number of para-hydroxylation sites is 1. The van der Waals surface area contributed by atoms with Gasteiger partial charge in [0.25, 0.3) is 5.91 Å². The molecule has 1 aromatic rings. The first-order valence-electron chi connectivity index (χ1n) is 7.01. The third kappa shape index (κ3) is 3.93. The van der Waals surface area contributed by atoms with Crippen molar-refractivity contribution >= 4 is 5.91 Å². The third-order valence-corrected chi connectivity index (χ3v) is 3.30. The molecule has 1 saturated heterocycles. The summed E-state index contributed by atoms with van der Waals surface area (Å²) in [5.74, 6) is -0.587. The van der Waals surface area contributed by atoms with Gasteiger partial charge in [0.1, 0.15) is 0 Å². The number of ether oxygens (including phenoxy) is 2. The van der Waals surface area contributed by atoms with Crippen molar-refractivity contribution in [2.75, 3.05) is 13.2 Å². The molecule has 5 heteroatoms. The Morgan fingerprint density at radius 3 is 3.00 bits per heavy atom. The highest BCUT2D eigenvalue weighted by molar-refractivity contribution is 5.81. The predicted octanol–water partition coefficient (Wildman–Crippen LogP) is 2.28. The zero-order chi connectivity index (χ0) is 14.4. The van der Waals surface area contributed by atoms with Crippen LogP contribution in [0.15, 0.2) is 24.3 Å². The fourth-order valence-corrected chi connectivity index (χ4v) is 2.15. The van der Waals surface area contributed by atoms with Gasteiger partial charge in [-0.15, -0.1) is 0 Å². The molecule has 0 aliphatic carbocycles. The molecule has 1 aliphatic rings. The molecule has 0 spiro atoms. The van der Waals surface area contributed by atoms with E-state index in [9.17, 15) is 9.18 Å². The summed E-state index contributed by atoms with van der Waals surface area (Å²) in [5.41, 5.74) is 0. The molecule has 1 amide bonds. The predicted molar refractivity (Wildman–Crippen MR) is 73.1 cm³/mol. The number of hydrogen-bond acceptors (Lipinski definition) is 3. The van der Waals surface area contributed by atoms with Gasteiger partial charge in [-0.05, 0) is 31.4 Å². The summed E-state index contributed by atoms with van der Waals surface area (Å²) in [5, 5.41) is 2.80. The molecule has 0 bridgehead atoms. The van der Waals surface area contributed by atoms with Gasteiger partial charge in [-0.1, -0.05) is 19.1 Å². The fraction of sp³-hybridized carbons (Fsp3) is 0.533. The maximum Gasteiger partial charge on any atom is 0.261 e. The molecule has 0 saturated carbocycles. The molecule has 1 aromatic carbocycles. The molecule has 1 N–H and O–H groups in total. The Balaban J connectivity index is 1.87. The van der Waals surface area contributed by atoms with E-state index in [1.165, 1.54) is 12.1 Å². The first kappa shape index (κ1) is 14.8. The van der Waals surface area contributed by atoms with Crippen molar-refractivity contribution in [2.45, 2.75) is 38.4 Å². The number of hydrogen-bond donors (Lipinski definition) is 1. The van der Waals surface area contributed by atoms with Crippen LogP contribution in [0, 0.1) is 5.82 Å². The Morgan fingerprint density at radius 1 is 1.55 bits per heavy atom. The molecule has 20 heavy (non-hydrogen) atoms. The number of benzene rings is 1. The molecule has 1 aliphatic heterocycles. The highest BCUT2D eigenvalue weighted by Gasteiger charge is 2.22. The van der Waals surface area contributed by atoms with E-state index in [0.29, 0.717) is 13.0 Å². The molecule has 1 fully saturated rings. The van der Waals surface area contributed by atoms with Crippen LogP contribution in [0.2, 0.25) is 0 Å². The van der Waals surface area contributed by atoms with Crippen molar-refractivity contribution in [1.82, 2.24) is 5.32 Å². The summed E-state index contributed by atoms with van der Waals surface area (Å²) in [4.78, 5) is 12.0. The molecule has 2 rings (SSSR count). The van der Waals surface area contributed by atoms with Crippen molar-refractivity contribution in [3.8, 4) is 5.75 Å². The number of rotatable bonds is 6. The zero-order valence-electron chi connectivity index (χ0n) is 11.6. The minimum absolute atomic E-state index is 0.0879. The van der Waals surface area contributed by atoms with Crippen molar-refractivity contribution in [1.29, 1.82) is 0 Å². The Morgan fingerprint density at radius 2 is 2.35 bits per heavy atom. The van der Waals surface area contributed by atoms with E-state index in [1.807, 2.05) is 6.92 Å². The Hall–Kier alpha value is -1.62. The second-order valence-electron chi connectivity index (χ2n) is 4.83. The quantitative estimate of drug-likeness (QED) is 0.870. The van der Waals surface area contributed by atoms with Gasteiger partial charge in [0.05, 0.1) is 6.10 Å². The summed E-state index contributed by atoms with van der Waals surface area (Å²) in [6, 6.07) is 6.09. The van der Waals surface area contributed by atoms with Crippen LogP contribution in [0.25, 0.3) is 0 Å². The number of halogens is 1. The highest BCUT2D eigenvalue weighted by atomic mass is 19.1. The van der Waals surface area contributed by atoms with E-state index in [4.69, 9.17) is 9.47 Å². The van der Waals surface area contributed by atoms with Crippen LogP contribution >= 0.6 is 0 Å². The topological polar surface area (TPSA) is 47.6 Å². The average molecular weight is 281 g/mol. The van der Waals surface area contributed by atoms with Crippen molar-refractivity contribution in [3.05, 3.63) is 30.1 Å². The van der Waals surface area contributed by atoms with Crippen LogP contribution in [-0.2, 0) is 9.53 Å². The van der Waals surface area contributed by atoms with E-state index in [2.05, 4.69) is 5.32 Å². The van der Waals surface area contributed by atoms with Crippen LogP contribution in [0.3, 0.4) is 0 Å². The fourth-order valence-electron chi connectivity index (χ4n) is 2.15. The lowest BCUT2D eigenvalue weighted by molar-refractivity contribution is -0.128. The molecular formula is C15H20FNO3. The van der Waals surface area contributed by atoms with E-state index in [-0.39, 0.29) is 17.8 Å². The minimum atomic E-state index is -0.687. The van der Waals surface area contributed by atoms with Crippen LogP contribution in [0.1, 0.15) is 26.2 Å². The van der Waals surface area contributed by atoms with Gasteiger partial charge in [-0.25, -0.2) is 4.39 Å². The highest BCUT2D eigenvalue weighted by Crippen LogP contribution is 2.18. The summed E-state index contributed by atoms with van der Waals surface area (Å²) in [6.07, 6.45) is 1.87. The largest absolute Gasteiger partial charge is 0.478 e. The SMILES string of the molecule is CC[C@H](Oc1ccccc1F)C(=O)NC[C@@H]1CCCO1. The first-order valence-corrected chi connectivity index (χ1v) is 7.01. The zero-order valence-corrected chi connectivity index (χ0v) is 11.6. The van der Waals surface area contributed by atoms with Crippen molar-refractivity contribution < 1.29 is 18.7 Å². The lowest BCUT2D eigenvalue weighted by atomic mass is 10.2. The number of carbonyl (C=O) groups is 1. The van der Waals surface area contributed by atoms with E-state index < -0.39 is 11.9 Å². The van der Waals surface area contributed by atoms with Crippen LogP contribution < -0.4 is 10.1 Å². The Kier molecular flexibility index (Phi) is 5.35. The Bertz CT molecular complexity index is 446. The number of nitrogens with one attached hydrogen (secondary N) is 1. The molecule has 110 valence electrons. The molecule has 2 atom stereocenters. The lowest BCUT2D eigenvalue weighted by Crippen LogP contribution is -2.41. The van der Waals surface area contributed by atoms with Crippen molar-refractivity contribution in [3.63, 3.8) is 0 Å². The van der Waals surface area contributed by atoms with Gasteiger partial charge >= 0.3 is 0 Å². The van der Waals surface area contributed by atoms with Gasteiger partial charge in [0.2, 0.25) is 0 Å². The molecule has 0 unspecified atom stereocenters. The molecule has 4 nitrogen and oxygen atoms in total. The lowest BCUT2D eigenvalue weighted by Gasteiger charge is -2.18. The average Bonchev–Trinajstić information content (AvgIpc) is 2.97. The maximum absolute atomic E-state index is 13.5. The molecule has 0 aromatic heterocycles. The number of amides is 1. The van der Waals surface area contributed by atoms with E-state index in [0.717, 1.165) is 19.4 Å². The summed E-state index contributed by atoms with van der Waals surface area (Å²) < 4.78 is 24.4. The van der Waals surface area contributed by atoms with Crippen LogP contribution in [0.4, 0.5) is 4.39 Å². The van der Waals surface area contributed by atoms with Crippen LogP contribution in [0.5, 0.6) is 5.75 Å². The Labute approximate surface area is 118 Å². The summed E-state index contributed by atoms with van der Waals surface area (Å²) in [6.45, 7) is 3.07. The third-order valence-electron chi connectivity index (χ3n) is 3.30. The molecular weight excluding hydrogens is 261 g/mol. The first-order chi connectivity index (χ1) is 9.70. The minimum Gasteiger partial charge on any atom is -0.478 e. The van der Waals surface area contributed by atoms with Gasteiger partial charge in [0, 0.05) is 13.2 Å². The normalized spacial score (nSPS) is 19.6. The smallest absolute Gasteiger partial charge is 0.261 e. The molecule has 0 radical (unpaired) electrons. The maximum atomic E-state index is 13.5. The van der Waals surface area contributed by atoms with E-state index in [1.54, 1.807) is 12.1 Å². The summed E-state index contributed by atoms with van der Waals surface area (Å²) >= 11 is 0. The van der Waals surface area contributed by atoms with Gasteiger partial charge in [0.15, 0.2) is 17.7 Å².